The average molecular weight is 967 g/mol. The number of fused-ring (bicyclic) bond motifs is 3. The molecule has 4 saturated heterocycles. The Labute approximate surface area is 386 Å². The Balaban J connectivity index is 1.06. The lowest BCUT2D eigenvalue weighted by Gasteiger charge is -2.64. The lowest BCUT2D eigenvalue weighted by atomic mass is 9.41. The summed E-state index contributed by atoms with van der Waals surface area (Å²) in [4.78, 5) is 14.3. The second-order valence-corrected chi connectivity index (χ2v) is 20.8. The Hall–Kier alpha value is -1.63. The van der Waals surface area contributed by atoms with Crippen molar-refractivity contribution in [3.8, 4) is 0 Å². The largest absolute Gasteiger partial charge is 0.432 e. The van der Waals surface area contributed by atoms with Crippen LogP contribution in [0, 0.1) is 28.1 Å². The molecule has 0 amide bonds. The summed E-state index contributed by atoms with van der Waals surface area (Å²) in [5.74, 6) is -0.805. The summed E-state index contributed by atoms with van der Waals surface area (Å²) in [6.45, 7) is 5.41. The normalized spacial score (nSPS) is 54.5. The number of carbonyl (C=O) groups excluding carboxylic acids is 1. The van der Waals surface area contributed by atoms with E-state index in [-0.39, 0.29) is 11.8 Å². The average Bonchev–Trinajstić information content (AvgIpc) is 3.50. The zero-order valence-electron chi connectivity index (χ0n) is 37.5. The molecule has 0 aromatic carbocycles. The van der Waals surface area contributed by atoms with Gasteiger partial charge in [-0.15, -0.1) is 0 Å². The van der Waals surface area contributed by atoms with E-state index in [1.807, 2.05) is 6.92 Å². The topological polar surface area (TPSA) is 374 Å². The molecule has 67 heavy (non-hydrogen) atoms. The molecule has 0 aromatic heterocycles. The highest BCUT2D eigenvalue weighted by Gasteiger charge is 2.70. The quantitative estimate of drug-likeness (QED) is 0.0494. The van der Waals surface area contributed by atoms with Crippen molar-refractivity contribution in [2.45, 2.75) is 200 Å². The first-order chi connectivity index (χ1) is 31.6. The maximum atomic E-state index is 14.3. The van der Waals surface area contributed by atoms with Crippen LogP contribution in [0.3, 0.4) is 0 Å². The Morgan fingerprint density at radius 2 is 1.03 bits per heavy atom. The van der Waals surface area contributed by atoms with Gasteiger partial charge in [-0.25, -0.2) is 0 Å². The van der Waals surface area contributed by atoms with E-state index in [1.54, 1.807) is 0 Å². The number of hydrogen-bond acceptors (Lipinski definition) is 23. The summed E-state index contributed by atoms with van der Waals surface area (Å²) in [7, 11) is 0. The molecule has 1 spiro atoms. The van der Waals surface area contributed by atoms with E-state index in [9.17, 15) is 76.3 Å². The highest BCUT2D eigenvalue weighted by Crippen LogP contribution is 2.74. The van der Waals surface area contributed by atoms with Gasteiger partial charge in [0.25, 0.3) is 0 Å². The fourth-order valence-electron chi connectivity index (χ4n) is 13.5. The van der Waals surface area contributed by atoms with Crippen LogP contribution >= 0.6 is 0 Å². The van der Waals surface area contributed by atoms with Gasteiger partial charge in [0, 0.05) is 0 Å². The molecule has 4 saturated carbocycles. The number of rotatable bonds is 12. The number of esters is 1. The lowest BCUT2D eigenvalue weighted by Crippen LogP contribution is -2.68. The molecule has 23 heteroatoms. The number of ether oxygens (including phenoxy) is 8. The van der Waals surface area contributed by atoms with E-state index >= 15 is 0 Å². The zero-order valence-corrected chi connectivity index (χ0v) is 37.5. The molecular weight excluding hydrogens is 896 g/mol. The smallest absolute Gasteiger partial charge is 0.314 e. The minimum atomic E-state index is -1.95. The Bertz CT molecular complexity index is 1760. The van der Waals surface area contributed by atoms with E-state index in [0.717, 1.165) is 6.42 Å². The maximum Gasteiger partial charge on any atom is 0.314 e. The second kappa shape index (κ2) is 19.4. The highest BCUT2D eigenvalue weighted by molar-refractivity contribution is 5.77. The molecule has 4 heterocycles. The third-order valence-corrected chi connectivity index (χ3v) is 17.1. The van der Waals surface area contributed by atoms with E-state index in [0.29, 0.717) is 56.9 Å². The van der Waals surface area contributed by atoms with Gasteiger partial charge in [0.15, 0.2) is 18.9 Å². The summed E-state index contributed by atoms with van der Waals surface area (Å²) >= 11 is 0. The van der Waals surface area contributed by atoms with Crippen LogP contribution in [0.15, 0.2) is 12.2 Å². The molecule has 14 N–H and O–H groups in total. The number of aliphatic hydroxyl groups excluding tert-OH is 14. The third kappa shape index (κ3) is 8.63. The van der Waals surface area contributed by atoms with Gasteiger partial charge in [-0.05, 0) is 86.5 Å². The SMILES string of the molecule is C=C1C[C@@]23CCC4[C@](C)(C(=O)OC5OC(CO)[C@@H](O)[C@H](O)[C@@H]5O)CCC[C@@]4(C)[C@@H]2CCC1(O[C@@H]1OC(CO)[C@@H](O)[C@H](OC2OC(CO)[C@@H](O)[C@H](O)[C@@H]2O)C1OC1OC(CO)[C@@H](O)[C@H](O)[C@@H]1O)C3. The first-order valence-electron chi connectivity index (χ1n) is 23.4. The number of carbonyl (C=O) groups is 1. The predicted molar refractivity (Wildman–Crippen MR) is 219 cm³/mol. The first kappa shape index (κ1) is 51.7. The van der Waals surface area contributed by atoms with Crippen LogP contribution in [0.1, 0.15) is 71.6 Å². The van der Waals surface area contributed by atoms with Crippen molar-refractivity contribution in [3.63, 3.8) is 0 Å². The van der Waals surface area contributed by atoms with Crippen LogP contribution in [-0.2, 0) is 42.7 Å². The molecule has 8 fully saturated rings. The molecule has 4 aliphatic heterocycles. The van der Waals surface area contributed by atoms with Gasteiger partial charge in [0.1, 0.15) is 97.7 Å². The molecular formula is C44H70O23. The predicted octanol–water partition coefficient (Wildman–Crippen LogP) is -5.11. The molecule has 8 aliphatic rings. The van der Waals surface area contributed by atoms with Crippen LogP contribution in [0.4, 0.5) is 0 Å². The second-order valence-electron chi connectivity index (χ2n) is 20.8. The van der Waals surface area contributed by atoms with Gasteiger partial charge >= 0.3 is 5.97 Å². The van der Waals surface area contributed by atoms with Crippen LogP contribution in [-0.4, -0.2) is 232 Å². The lowest BCUT2D eigenvalue weighted by molar-refractivity contribution is -0.400. The van der Waals surface area contributed by atoms with Crippen molar-refractivity contribution in [3.05, 3.63) is 12.2 Å². The molecule has 4 aliphatic carbocycles. The summed E-state index contributed by atoms with van der Waals surface area (Å²) in [5, 5.41) is 148. The third-order valence-electron chi connectivity index (χ3n) is 17.1. The van der Waals surface area contributed by atoms with Crippen molar-refractivity contribution in [1.82, 2.24) is 0 Å². The minimum Gasteiger partial charge on any atom is -0.432 e. The molecule has 23 nitrogen and oxygen atoms in total. The zero-order chi connectivity index (χ0) is 48.7. The summed E-state index contributed by atoms with van der Waals surface area (Å²) in [6.07, 6.45) is -29.1. The Morgan fingerprint density at radius 1 is 0.567 bits per heavy atom. The summed E-state index contributed by atoms with van der Waals surface area (Å²) in [5.41, 5.74) is -2.33. The Morgan fingerprint density at radius 3 is 1.57 bits per heavy atom. The molecule has 26 atom stereocenters. The van der Waals surface area contributed by atoms with Gasteiger partial charge in [0.05, 0.1) is 37.4 Å². The number of hydrogen-bond donors (Lipinski definition) is 14. The van der Waals surface area contributed by atoms with E-state index in [1.165, 1.54) is 0 Å². The fraction of sp³-hybridized carbons (Fsp3) is 0.932. The number of aliphatic hydroxyl groups is 14. The molecule has 8 rings (SSSR count). The fourth-order valence-corrected chi connectivity index (χ4v) is 13.5. The minimum absolute atomic E-state index is 0.0251. The molecule has 384 valence electrons. The van der Waals surface area contributed by atoms with E-state index < -0.39 is 177 Å². The van der Waals surface area contributed by atoms with Gasteiger partial charge in [0.2, 0.25) is 6.29 Å². The summed E-state index contributed by atoms with van der Waals surface area (Å²) < 4.78 is 48.2. The molecule has 10 unspecified atom stereocenters. The van der Waals surface area contributed by atoms with Gasteiger partial charge in [-0.2, -0.15) is 0 Å². The van der Waals surface area contributed by atoms with Gasteiger partial charge in [-0.3, -0.25) is 4.79 Å². The highest BCUT2D eigenvalue weighted by atomic mass is 16.8. The molecule has 0 radical (unpaired) electrons. The van der Waals surface area contributed by atoms with Crippen LogP contribution < -0.4 is 0 Å². The standard InChI is InChI=1S/C44H70O23/c1-17-11-43-9-5-22-41(2,7-4-8-42(22,3)40(59)66-38-33(58)30(55)26(51)20(14-47)62-38)23(43)6-10-44(17,16-43)67-39-35(65-37-32(57)29(54)25(50)19(13-46)61-37)34(27(52)21(15-48)63-39)64-36-31(56)28(53)24(49)18(12-45)60-36/h18-39,45-58H,1,4-16H2,2-3H3/t18?,19?,20?,21?,22?,23-,24+,25+,26+,27+,28-,29-,30-,31-,32-,33-,34-,35?,36?,37?,38?,39-,41+,42+,43+,44?/m0/s1. The van der Waals surface area contributed by atoms with Crippen molar-refractivity contribution in [1.29, 1.82) is 0 Å². The van der Waals surface area contributed by atoms with E-state index in [4.69, 9.17) is 37.9 Å². The van der Waals surface area contributed by atoms with Crippen molar-refractivity contribution in [2.24, 2.45) is 28.1 Å². The van der Waals surface area contributed by atoms with Crippen molar-refractivity contribution in [2.75, 3.05) is 26.4 Å². The first-order valence-corrected chi connectivity index (χ1v) is 23.4. The van der Waals surface area contributed by atoms with Gasteiger partial charge < -0.3 is 109 Å². The molecule has 0 aromatic rings. The van der Waals surface area contributed by atoms with Crippen molar-refractivity contribution < 1.29 is 114 Å². The van der Waals surface area contributed by atoms with Crippen LogP contribution in [0.5, 0.6) is 0 Å². The maximum absolute atomic E-state index is 14.3. The molecule has 2 bridgehead atoms. The van der Waals surface area contributed by atoms with Crippen LogP contribution in [0.2, 0.25) is 0 Å². The van der Waals surface area contributed by atoms with Crippen LogP contribution in [0.25, 0.3) is 0 Å². The van der Waals surface area contributed by atoms with Crippen molar-refractivity contribution >= 4 is 5.97 Å². The monoisotopic (exact) mass is 966 g/mol. The summed E-state index contributed by atoms with van der Waals surface area (Å²) in [6, 6.07) is 0. The van der Waals surface area contributed by atoms with E-state index in [2.05, 4.69) is 13.5 Å². The van der Waals surface area contributed by atoms with Gasteiger partial charge in [-0.1, -0.05) is 19.9 Å². The Kier molecular flexibility index (Phi) is 15.0.